The molecule has 0 spiro atoms. The molecule has 12 heavy (non-hydrogen) atoms. The third kappa shape index (κ3) is 2.52. The van der Waals surface area contributed by atoms with Gasteiger partial charge in [-0.2, -0.15) is 0 Å². The molecular formula is C8H13F2NO. The first-order valence-electron chi connectivity index (χ1n) is 4.21. The van der Waals surface area contributed by atoms with Crippen molar-refractivity contribution in [2.75, 3.05) is 13.1 Å². The molecule has 1 atom stereocenters. The highest BCUT2D eigenvalue weighted by atomic mass is 19.3. The van der Waals surface area contributed by atoms with E-state index in [1.165, 1.54) is 0 Å². The zero-order chi connectivity index (χ0) is 8.97. The van der Waals surface area contributed by atoms with E-state index in [1.54, 1.807) is 4.90 Å². The lowest BCUT2D eigenvalue weighted by molar-refractivity contribution is -0.114. The fourth-order valence-corrected chi connectivity index (χ4v) is 1.57. The van der Waals surface area contributed by atoms with Gasteiger partial charge in [0, 0.05) is 0 Å². The van der Waals surface area contributed by atoms with Crippen LogP contribution in [0.5, 0.6) is 0 Å². The van der Waals surface area contributed by atoms with Gasteiger partial charge in [0.2, 0.25) is 0 Å². The Hall–Kier alpha value is -0.510. The Morgan fingerprint density at radius 2 is 2.25 bits per heavy atom. The van der Waals surface area contributed by atoms with Crippen LogP contribution in [-0.4, -0.2) is 36.7 Å². The van der Waals surface area contributed by atoms with E-state index in [2.05, 4.69) is 0 Å². The largest absolute Gasteiger partial charge is 0.302 e. The summed E-state index contributed by atoms with van der Waals surface area (Å²) in [5.41, 5.74) is 0. The van der Waals surface area contributed by atoms with Crippen molar-refractivity contribution in [2.45, 2.75) is 31.7 Å². The highest BCUT2D eigenvalue weighted by Gasteiger charge is 2.23. The van der Waals surface area contributed by atoms with E-state index in [0.29, 0.717) is 6.54 Å². The van der Waals surface area contributed by atoms with Crippen molar-refractivity contribution in [3.8, 4) is 0 Å². The normalized spacial score (nSPS) is 26.1. The quantitative estimate of drug-likeness (QED) is 0.606. The number of rotatable bonds is 3. The third-order valence-electron chi connectivity index (χ3n) is 2.19. The van der Waals surface area contributed by atoms with Gasteiger partial charge in [-0.05, 0) is 19.4 Å². The molecule has 0 aromatic heterocycles. The number of alkyl halides is 2. The Kier molecular flexibility index (Phi) is 3.59. The maximum Gasteiger partial charge on any atom is 0.251 e. The second kappa shape index (κ2) is 4.50. The summed E-state index contributed by atoms with van der Waals surface area (Å²) < 4.78 is 23.9. The van der Waals surface area contributed by atoms with Gasteiger partial charge in [-0.15, -0.1) is 0 Å². The Labute approximate surface area is 70.5 Å². The van der Waals surface area contributed by atoms with Crippen LogP contribution in [0.2, 0.25) is 0 Å². The molecule has 1 fully saturated rings. The lowest BCUT2D eigenvalue weighted by Gasteiger charge is -2.31. The number of hydrogen-bond donors (Lipinski definition) is 0. The number of halogens is 2. The van der Waals surface area contributed by atoms with E-state index in [9.17, 15) is 13.6 Å². The van der Waals surface area contributed by atoms with Gasteiger partial charge in [0.1, 0.15) is 6.29 Å². The molecule has 1 aliphatic heterocycles. The number of piperidine rings is 1. The summed E-state index contributed by atoms with van der Waals surface area (Å²) in [5.74, 6) is 0. The number of likely N-dealkylation sites (tertiary alicyclic amines) is 1. The molecule has 4 heteroatoms. The number of carbonyl (C=O) groups is 1. The molecular weight excluding hydrogens is 164 g/mol. The molecule has 2 nitrogen and oxygen atoms in total. The Bertz CT molecular complexity index is 152. The Balaban J connectivity index is 2.41. The first-order chi connectivity index (χ1) is 5.74. The summed E-state index contributed by atoms with van der Waals surface area (Å²) in [6, 6.07) is -0.271. The van der Waals surface area contributed by atoms with Crippen LogP contribution in [-0.2, 0) is 4.79 Å². The Morgan fingerprint density at radius 1 is 1.50 bits per heavy atom. The monoisotopic (exact) mass is 177 g/mol. The lowest BCUT2D eigenvalue weighted by atomic mass is 10.0. The van der Waals surface area contributed by atoms with E-state index in [4.69, 9.17) is 0 Å². The van der Waals surface area contributed by atoms with Gasteiger partial charge < -0.3 is 4.79 Å². The van der Waals surface area contributed by atoms with Crippen molar-refractivity contribution < 1.29 is 13.6 Å². The molecule has 1 aliphatic rings. The number of nitrogens with zero attached hydrogens (tertiary/aromatic N) is 1. The maximum absolute atomic E-state index is 12.0. The average molecular weight is 177 g/mol. The van der Waals surface area contributed by atoms with Gasteiger partial charge in [-0.3, -0.25) is 4.90 Å². The summed E-state index contributed by atoms with van der Waals surface area (Å²) in [5, 5.41) is 0. The Morgan fingerprint density at radius 3 is 2.83 bits per heavy atom. The van der Waals surface area contributed by atoms with Gasteiger partial charge >= 0.3 is 0 Å². The van der Waals surface area contributed by atoms with Crippen LogP contribution >= 0.6 is 0 Å². The van der Waals surface area contributed by atoms with Crippen molar-refractivity contribution >= 4 is 6.29 Å². The van der Waals surface area contributed by atoms with E-state index < -0.39 is 6.43 Å². The highest BCUT2D eigenvalue weighted by Crippen LogP contribution is 2.16. The molecule has 1 heterocycles. The van der Waals surface area contributed by atoms with Crippen LogP contribution in [0.3, 0.4) is 0 Å². The van der Waals surface area contributed by atoms with E-state index in [-0.39, 0.29) is 12.6 Å². The average Bonchev–Trinajstić information content (AvgIpc) is 2.04. The zero-order valence-corrected chi connectivity index (χ0v) is 6.88. The van der Waals surface area contributed by atoms with E-state index in [0.717, 1.165) is 25.5 Å². The second-order valence-electron chi connectivity index (χ2n) is 3.09. The van der Waals surface area contributed by atoms with E-state index in [1.807, 2.05) is 0 Å². The predicted octanol–water partition coefficient (Wildman–Crippen LogP) is 1.30. The first-order valence-corrected chi connectivity index (χ1v) is 4.21. The maximum atomic E-state index is 12.0. The molecule has 0 aromatic carbocycles. The van der Waals surface area contributed by atoms with Crippen LogP contribution in [0.4, 0.5) is 8.78 Å². The van der Waals surface area contributed by atoms with Crippen LogP contribution in [0.15, 0.2) is 0 Å². The van der Waals surface area contributed by atoms with Gasteiger partial charge in [-0.25, -0.2) is 8.78 Å². The molecule has 0 saturated carbocycles. The summed E-state index contributed by atoms with van der Waals surface area (Å²) >= 11 is 0. The summed E-state index contributed by atoms with van der Waals surface area (Å²) in [6.45, 7) is 0.372. The molecule has 0 N–H and O–H groups in total. The van der Waals surface area contributed by atoms with Gasteiger partial charge in [0.15, 0.2) is 0 Å². The van der Waals surface area contributed by atoms with Gasteiger partial charge in [0.05, 0.1) is 12.6 Å². The molecule has 0 aliphatic carbocycles. The smallest absolute Gasteiger partial charge is 0.251 e. The fourth-order valence-electron chi connectivity index (χ4n) is 1.57. The zero-order valence-electron chi connectivity index (χ0n) is 6.88. The van der Waals surface area contributed by atoms with Crippen LogP contribution in [0.1, 0.15) is 19.3 Å². The second-order valence-corrected chi connectivity index (χ2v) is 3.09. The minimum atomic E-state index is -2.33. The van der Waals surface area contributed by atoms with Crippen molar-refractivity contribution in [3.63, 3.8) is 0 Å². The SMILES string of the molecule is O=CC1CCCCN1CC(F)F. The standard InChI is InChI=1S/C8H13F2NO/c9-8(10)5-11-4-2-1-3-7(11)6-12/h6-8H,1-5H2. The fraction of sp³-hybridized carbons (Fsp3) is 0.875. The number of aldehydes is 1. The molecule has 0 bridgehead atoms. The number of hydrogen-bond acceptors (Lipinski definition) is 2. The van der Waals surface area contributed by atoms with Crippen molar-refractivity contribution in [1.82, 2.24) is 4.90 Å². The molecule has 0 aromatic rings. The van der Waals surface area contributed by atoms with Crippen molar-refractivity contribution in [3.05, 3.63) is 0 Å². The molecule has 0 amide bonds. The number of carbonyl (C=O) groups excluding carboxylic acids is 1. The minimum Gasteiger partial charge on any atom is -0.302 e. The molecule has 0 radical (unpaired) electrons. The first kappa shape index (κ1) is 9.58. The topological polar surface area (TPSA) is 20.3 Å². The predicted molar refractivity (Wildman–Crippen MR) is 41.3 cm³/mol. The van der Waals surface area contributed by atoms with Gasteiger partial charge in [0.25, 0.3) is 6.43 Å². The summed E-state index contributed by atoms with van der Waals surface area (Å²) in [6.07, 6.45) is 1.09. The minimum absolute atomic E-state index is 0.261. The van der Waals surface area contributed by atoms with Crippen molar-refractivity contribution in [2.24, 2.45) is 0 Å². The molecule has 1 unspecified atom stereocenters. The summed E-state index contributed by atoms with van der Waals surface area (Å²) in [4.78, 5) is 12.0. The van der Waals surface area contributed by atoms with Crippen molar-refractivity contribution in [1.29, 1.82) is 0 Å². The van der Waals surface area contributed by atoms with Crippen LogP contribution in [0.25, 0.3) is 0 Å². The van der Waals surface area contributed by atoms with Crippen LogP contribution in [0, 0.1) is 0 Å². The highest BCUT2D eigenvalue weighted by molar-refractivity contribution is 5.57. The molecule has 70 valence electrons. The molecule has 1 rings (SSSR count). The van der Waals surface area contributed by atoms with Gasteiger partial charge in [-0.1, -0.05) is 6.42 Å². The van der Waals surface area contributed by atoms with E-state index >= 15 is 0 Å². The lowest BCUT2D eigenvalue weighted by Crippen LogP contribution is -2.43. The van der Waals surface area contributed by atoms with Crippen LogP contribution < -0.4 is 0 Å². The summed E-state index contributed by atoms with van der Waals surface area (Å²) in [7, 11) is 0. The third-order valence-corrected chi connectivity index (χ3v) is 2.19. The molecule has 1 saturated heterocycles.